The van der Waals surface area contributed by atoms with Crippen molar-refractivity contribution in [3.63, 3.8) is 0 Å². The molecular formula is C9H12N2O. The average Bonchev–Trinajstić information content (AvgIpc) is 2.29. The molecule has 1 aromatic heterocycles. The SMILES string of the molecule is Cc1nn(C)c2c1CCCC2=O. The second kappa shape index (κ2) is 2.44. The van der Waals surface area contributed by atoms with E-state index in [1.807, 2.05) is 14.0 Å². The van der Waals surface area contributed by atoms with Crippen molar-refractivity contribution in [3.05, 3.63) is 17.0 Å². The molecule has 0 N–H and O–H groups in total. The summed E-state index contributed by atoms with van der Waals surface area (Å²) in [6.45, 7) is 1.97. The number of rotatable bonds is 0. The number of carbonyl (C=O) groups is 1. The number of fused-ring (bicyclic) bond motifs is 1. The van der Waals surface area contributed by atoms with Gasteiger partial charge in [-0.05, 0) is 19.8 Å². The van der Waals surface area contributed by atoms with Gasteiger partial charge >= 0.3 is 0 Å². The highest BCUT2D eigenvalue weighted by molar-refractivity contribution is 5.97. The molecule has 1 heterocycles. The maximum absolute atomic E-state index is 11.5. The molecule has 0 aliphatic heterocycles. The maximum Gasteiger partial charge on any atom is 0.181 e. The van der Waals surface area contributed by atoms with E-state index in [4.69, 9.17) is 0 Å². The molecule has 0 saturated carbocycles. The summed E-state index contributed by atoms with van der Waals surface area (Å²) < 4.78 is 1.71. The third kappa shape index (κ3) is 0.891. The highest BCUT2D eigenvalue weighted by Crippen LogP contribution is 2.22. The summed E-state index contributed by atoms with van der Waals surface area (Å²) in [6.07, 6.45) is 2.69. The fraction of sp³-hybridized carbons (Fsp3) is 0.556. The molecule has 0 amide bonds. The molecule has 2 rings (SSSR count). The Morgan fingerprint density at radius 3 is 2.83 bits per heavy atom. The van der Waals surface area contributed by atoms with Crippen LogP contribution in [0.2, 0.25) is 0 Å². The number of Topliss-reactive ketones (excluding diaryl/α,β-unsaturated/α-hetero) is 1. The van der Waals surface area contributed by atoms with Crippen molar-refractivity contribution in [1.82, 2.24) is 9.78 Å². The fourth-order valence-electron chi connectivity index (χ4n) is 1.89. The first-order valence-corrected chi connectivity index (χ1v) is 4.26. The number of hydrogen-bond donors (Lipinski definition) is 0. The lowest BCUT2D eigenvalue weighted by molar-refractivity contribution is 0.0963. The number of aromatic nitrogens is 2. The summed E-state index contributed by atoms with van der Waals surface area (Å²) in [6, 6.07) is 0. The smallest absolute Gasteiger partial charge is 0.181 e. The summed E-state index contributed by atoms with van der Waals surface area (Å²) >= 11 is 0. The van der Waals surface area contributed by atoms with Gasteiger partial charge in [0.1, 0.15) is 5.69 Å². The molecule has 0 aromatic carbocycles. The van der Waals surface area contributed by atoms with Crippen molar-refractivity contribution in [2.24, 2.45) is 7.05 Å². The molecule has 3 heteroatoms. The van der Waals surface area contributed by atoms with Crippen molar-refractivity contribution in [3.8, 4) is 0 Å². The predicted molar refractivity (Wildman–Crippen MR) is 45.2 cm³/mol. The van der Waals surface area contributed by atoms with Crippen LogP contribution in [0, 0.1) is 6.92 Å². The number of aryl methyl sites for hydroxylation is 2. The van der Waals surface area contributed by atoms with Gasteiger partial charge in [-0.2, -0.15) is 5.10 Å². The number of carbonyl (C=O) groups excluding carboxylic acids is 1. The Bertz CT molecular complexity index is 339. The third-order valence-electron chi connectivity index (χ3n) is 2.44. The second-order valence-electron chi connectivity index (χ2n) is 3.31. The Balaban J connectivity index is 2.62. The van der Waals surface area contributed by atoms with Gasteiger partial charge in [0, 0.05) is 19.0 Å². The molecule has 0 unspecified atom stereocenters. The summed E-state index contributed by atoms with van der Waals surface area (Å²) in [5, 5.41) is 4.24. The topological polar surface area (TPSA) is 34.9 Å². The van der Waals surface area contributed by atoms with Gasteiger partial charge in [0.15, 0.2) is 5.78 Å². The van der Waals surface area contributed by atoms with Crippen LogP contribution in [-0.4, -0.2) is 15.6 Å². The zero-order chi connectivity index (χ0) is 8.72. The highest BCUT2D eigenvalue weighted by Gasteiger charge is 2.23. The number of nitrogens with zero attached hydrogens (tertiary/aromatic N) is 2. The van der Waals surface area contributed by atoms with Gasteiger partial charge in [0.05, 0.1) is 5.69 Å². The molecule has 1 aromatic rings. The van der Waals surface area contributed by atoms with Crippen LogP contribution in [0.4, 0.5) is 0 Å². The van der Waals surface area contributed by atoms with Crippen molar-refractivity contribution < 1.29 is 4.79 Å². The Kier molecular flexibility index (Phi) is 1.53. The van der Waals surface area contributed by atoms with E-state index >= 15 is 0 Å². The largest absolute Gasteiger partial charge is 0.292 e. The van der Waals surface area contributed by atoms with Gasteiger partial charge < -0.3 is 0 Å². The minimum Gasteiger partial charge on any atom is -0.292 e. The van der Waals surface area contributed by atoms with Crippen LogP contribution >= 0.6 is 0 Å². The number of ketones is 1. The first kappa shape index (κ1) is 7.53. The van der Waals surface area contributed by atoms with E-state index in [2.05, 4.69) is 5.10 Å². The van der Waals surface area contributed by atoms with E-state index in [0.717, 1.165) is 29.8 Å². The maximum atomic E-state index is 11.5. The lowest BCUT2D eigenvalue weighted by atomic mass is 9.95. The van der Waals surface area contributed by atoms with Crippen molar-refractivity contribution in [2.75, 3.05) is 0 Å². The Morgan fingerprint density at radius 2 is 2.17 bits per heavy atom. The minimum absolute atomic E-state index is 0.249. The third-order valence-corrected chi connectivity index (χ3v) is 2.44. The Labute approximate surface area is 71.4 Å². The van der Waals surface area contributed by atoms with Crippen LogP contribution in [0.15, 0.2) is 0 Å². The molecule has 0 radical (unpaired) electrons. The summed E-state index contributed by atoms with van der Waals surface area (Å²) in [5.74, 6) is 0.249. The molecule has 1 aliphatic rings. The van der Waals surface area contributed by atoms with E-state index in [1.165, 1.54) is 0 Å². The van der Waals surface area contributed by atoms with E-state index in [9.17, 15) is 4.79 Å². The van der Waals surface area contributed by atoms with Crippen molar-refractivity contribution in [2.45, 2.75) is 26.2 Å². The Hall–Kier alpha value is -1.12. The fourth-order valence-corrected chi connectivity index (χ4v) is 1.89. The molecule has 64 valence electrons. The zero-order valence-corrected chi connectivity index (χ0v) is 7.42. The highest BCUT2D eigenvalue weighted by atomic mass is 16.1. The van der Waals surface area contributed by atoms with E-state index < -0.39 is 0 Å². The zero-order valence-electron chi connectivity index (χ0n) is 7.42. The van der Waals surface area contributed by atoms with E-state index in [0.29, 0.717) is 6.42 Å². The molecule has 0 bridgehead atoms. The summed E-state index contributed by atoms with van der Waals surface area (Å²) in [7, 11) is 1.84. The molecular weight excluding hydrogens is 152 g/mol. The van der Waals surface area contributed by atoms with Crippen LogP contribution < -0.4 is 0 Å². The summed E-state index contributed by atoms with van der Waals surface area (Å²) in [4.78, 5) is 11.5. The lowest BCUT2D eigenvalue weighted by Crippen LogP contribution is -2.13. The standard InChI is InChI=1S/C9H12N2O/c1-6-7-4-3-5-8(12)9(7)11(2)10-6/h3-5H2,1-2H3. The van der Waals surface area contributed by atoms with Gasteiger partial charge in [-0.25, -0.2) is 0 Å². The van der Waals surface area contributed by atoms with E-state index in [-0.39, 0.29) is 5.78 Å². The molecule has 3 nitrogen and oxygen atoms in total. The predicted octanol–water partition coefficient (Wildman–Crippen LogP) is 1.25. The second-order valence-corrected chi connectivity index (χ2v) is 3.31. The van der Waals surface area contributed by atoms with Gasteiger partial charge in [-0.1, -0.05) is 0 Å². The van der Waals surface area contributed by atoms with Gasteiger partial charge in [0.25, 0.3) is 0 Å². The quantitative estimate of drug-likeness (QED) is 0.578. The van der Waals surface area contributed by atoms with Crippen LogP contribution in [-0.2, 0) is 13.5 Å². The van der Waals surface area contributed by atoms with Gasteiger partial charge in [0.2, 0.25) is 0 Å². The Morgan fingerprint density at radius 1 is 1.42 bits per heavy atom. The first-order valence-electron chi connectivity index (χ1n) is 4.26. The van der Waals surface area contributed by atoms with Crippen LogP contribution in [0.1, 0.15) is 34.6 Å². The normalized spacial score (nSPS) is 16.3. The molecule has 1 aliphatic carbocycles. The molecule has 0 spiro atoms. The average molecular weight is 164 g/mol. The molecule has 0 atom stereocenters. The van der Waals surface area contributed by atoms with Crippen LogP contribution in [0.5, 0.6) is 0 Å². The van der Waals surface area contributed by atoms with E-state index in [1.54, 1.807) is 4.68 Å². The lowest BCUT2D eigenvalue weighted by Gasteiger charge is -2.10. The van der Waals surface area contributed by atoms with Crippen LogP contribution in [0.3, 0.4) is 0 Å². The summed E-state index contributed by atoms with van der Waals surface area (Å²) in [5.41, 5.74) is 3.01. The van der Waals surface area contributed by atoms with Crippen molar-refractivity contribution >= 4 is 5.78 Å². The van der Waals surface area contributed by atoms with Gasteiger partial charge in [-0.15, -0.1) is 0 Å². The first-order chi connectivity index (χ1) is 5.70. The monoisotopic (exact) mass is 164 g/mol. The number of hydrogen-bond acceptors (Lipinski definition) is 2. The molecule has 0 fully saturated rings. The van der Waals surface area contributed by atoms with Gasteiger partial charge in [-0.3, -0.25) is 9.48 Å². The van der Waals surface area contributed by atoms with Crippen molar-refractivity contribution in [1.29, 1.82) is 0 Å². The molecule has 12 heavy (non-hydrogen) atoms. The minimum atomic E-state index is 0.249. The van der Waals surface area contributed by atoms with Crippen LogP contribution in [0.25, 0.3) is 0 Å². The molecule has 0 saturated heterocycles.